The molecular weight excluding hydrogens is 686 g/mol. The molecule has 0 saturated heterocycles. The second-order valence-corrected chi connectivity index (χ2v) is 11.6. The molecule has 0 spiro atoms. The first kappa shape index (κ1) is 37.4. The summed E-state index contributed by atoms with van der Waals surface area (Å²) in [6, 6.07) is 28.4. The lowest BCUT2D eigenvalue weighted by Crippen LogP contribution is -2.27. The Morgan fingerprint density at radius 1 is 0.712 bits per heavy atom. The number of hydroxylamine groups is 2. The molecule has 5 aromatic carbocycles. The zero-order valence-corrected chi connectivity index (χ0v) is 27.9. The third kappa shape index (κ3) is 9.26. The van der Waals surface area contributed by atoms with Gasteiger partial charge in [0, 0.05) is 30.9 Å². The number of halogens is 6. The zero-order valence-electron chi connectivity index (χ0n) is 27.9. The van der Waals surface area contributed by atoms with E-state index in [4.69, 9.17) is 4.84 Å². The third-order valence-electron chi connectivity index (χ3n) is 8.07. The largest absolute Gasteiger partial charge is 0.466 e. The Labute approximate surface area is 295 Å². The van der Waals surface area contributed by atoms with Gasteiger partial charge in [0.25, 0.3) is 5.91 Å². The number of carbonyl (C=O) groups excluding carboxylic acids is 2. The molecule has 0 saturated carbocycles. The molecule has 6 nitrogen and oxygen atoms in total. The quantitative estimate of drug-likeness (QED) is 0.0638. The Kier molecular flexibility index (Phi) is 11.5. The summed E-state index contributed by atoms with van der Waals surface area (Å²) in [4.78, 5) is 30.0. The summed E-state index contributed by atoms with van der Waals surface area (Å²) in [5.41, 5.74) is 0.623. The molecule has 0 aliphatic rings. The molecule has 0 radical (unpaired) electrons. The van der Waals surface area contributed by atoms with E-state index in [9.17, 15) is 35.9 Å². The van der Waals surface area contributed by atoms with Gasteiger partial charge in [-0.25, -0.2) is 9.86 Å². The highest BCUT2D eigenvalue weighted by Gasteiger charge is 2.35. The number of rotatable bonds is 11. The Morgan fingerprint density at radius 2 is 1.29 bits per heavy atom. The van der Waals surface area contributed by atoms with Gasteiger partial charge in [0.15, 0.2) is 0 Å². The van der Waals surface area contributed by atoms with Crippen LogP contribution >= 0.6 is 0 Å². The maximum absolute atomic E-state index is 14.3. The maximum Gasteiger partial charge on any atom is 0.417 e. The van der Waals surface area contributed by atoms with Gasteiger partial charge in [0.2, 0.25) is 0 Å². The number of alkyl halides is 6. The van der Waals surface area contributed by atoms with Crippen molar-refractivity contribution in [3.63, 3.8) is 0 Å². The van der Waals surface area contributed by atoms with E-state index in [0.717, 1.165) is 17.2 Å². The molecule has 0 heterocycles. The van der Waals surface area contributed by atoms with Gasteiger partial charge in [0.05, 0.1) is 18.2 Å². The Hall–Kier alpha value is -5.88. The van der Waals surface area contributed by atoms with Crippen molar-refractivity contribution in [3.8, 4) is 22.3 Å². The first-order valence-electron chi connectivity index (χ1n) is 15.8. The minimum atomic E-state index is -4.72. The molecule has 0 atom stereocenters. The van der Waals surface area contributed by atoms with E-state index in [1.54, 1.807) is 78.9 Å². The van der Waals surface area contributed by atoms with Crippen LogP contribution in [0, 0.1) is 0 Å². The summed E-state index contributed by atoms with van der Waals surface area (Å²) >= 11 is 0. The molecule has 1 N–H and O–H groups in total. The number of nitrogens with zero attached hydrogens (tertiary/aromatic N) is 1. The Balaban J connectivity index is 1.27. The molecule has 0 aliphatic carbocycles. The standard InChI is InChI=1S/C40H32F6N2O4/c1-48(38(50)31-17-20-33(28-8-4-3-5-9-28)35(23-31)40(44,45)46)52-25-26-12-15-29(16-13-26)32-19-14-27(22-34(32)39(41,42)43)24-47-36-11-7-6-10-30(36)18-21-37(49)51-2/h3-23,47H,24-25H2,1-2H3/b21-18+. The first-order chi connectivity index (χ1) is 24.7. The summed E-state index contributed by atoms with van der Waals surface area (Å²) in [6.07, 6.45) is -6.60. The second kappa shape index (κ2) is 16.0. The number of nitrogens with one attached hydrogen (secondary N) is 1. The highest BCUT2D eigenvalue weighted by atomic mass is 19.4. The van der Waals surface area contributed by atoms with Gasteiger partial charge < -0.3 is 10.1 Å². The van der Waals surface area contributed by atoms with Crippen molar-refractivity contribution in [2.24, 2.45) is 0 Å². The van der Waals surface area contributed by atoms with Crippen LogP contribution in [0.2, 0.25) is 0 Å². The van der Waals surface area contributed by atoms with E-state index < -0.39 is 35.4 Å². The molecule has 1 amide bonds. The van der Waals surface area contributed by atoms with Crippen LogP contribution in [0.15, 0.2) is 121 Å². The summed E-state index contributed by atoms with van der Waals surface area (Å²) in [6.45, 7) is -0.104. The molecule has 12 heteroatoms. The van der Waals surface area contributed by atoms with Crippen LogP contribution in [-0.2, 0) is 39.9 Å². The van der Waals surface area contributed by atoms with Gasteiger partial charge in [-0.05, 0) is 69.3 Å². The molecule has 268 valence electrons. The van der Waals surface area contributed by atoms with E-state index in [1.165, 1.54) is 50.6 Å². The van der Waals surface area contributed by atoms with Crippen molar-refractivity contribution in [1.82, 2.24) is 5.06 Å². The lowest BCUT2D eigenvalue weighted by molar-refractivity contribution is -0.138. The van der Waals surface area contributed by atoms with Crippen LogP contribution in [0.4, 0.5) is 32.0 Å². The van der Waals surface area contributed by atoms with E-state index in [1.807, 2.05) is 0 Å². The lowest BCUT2D eigenvalue weighted by atomic mass is 9.96. The minimum Gasteiger partial charge on any atom is -0.466 e. The fourth-order valence-corrected chi connectivity index (χ4v) is 5.39. The number of benzene rings is 5. The van der Waals surface area contributed by atoms with Crippen molar-refractivity contribution >= 4 is 23.6 Å². The molecular formula is C40H32F6N2O4. The molecule has 0 aliphatic heterocycles. The maximum atomic E-state index is 14.3. The van der Waals surface area contributed by atoms with Crippen molar-refractivity contribution in [2.75, 3.05) is 19.5 Å². The van der Waals surface area contributed by atoms with Crippen molar-refractivity contribution < 1.29 is 45.5 Å². The van der Waals surface area contributed by atoms with Crippen LogP contribution < -0.4 is 5.32 Å². The molecule has 0 fully saturated rings. The summed E-state index contributed by atoms with van der Waals surface area (Å²) in [5.74, 6) is -1.36. The molecule has 0 aromatic heterocycles. The number of para-hydroxylation sites is 1. The molecule has 52 heavy (non-hydrogen) atoms. The van der Waals surface area contributed by atoms with Gasteiger partial charge >= 0.3 is 18.3 Å². The van der Waals surface area contributed by atoms with Crippen LogP contribution in [0.25, 0.3) is 28.3 Å². The summed E-state index contributed by atoms with van der Waals surface area (Å²) < 4.78 is 89.2. The number of anilines is 1. The number of carbonyl (C=O) groups is 2. The predicted molar refractivity (Wildman–Crippen MR) is 185 cm³/mol. The third-order valence-corrected chi connectivity index (χ3v) is 8.07. The minimum absolute atomic E-state index is 0.0446. The van der Waals surface area contributed by atoms with Crippen molar-refractivity contribution in [3.05, 3.63) is 155 Å². The van der Waals surface area contributed by atoms with E-state index in [0.29, 0.717) is 27.9 Å². The Bertz CT molecular complexity index is 2060. The summed E-state index contributed by atoms with van der Waals surface area (Å²) in [5, 5.41) is 3.93. The smallest absolute Gasteiger partial charge is 0.417 e. The lowest BCUT2D eigenvalue weighted by Gasteiger charge is -2.19. The molecule has 0 unspecified atom stereocenters. The van der Waals surface area contributed by atoms with Gasteiger partial charge in [-0.1, -0.05) is 91.0 Å². The van der Waals surface area contributed by atoms with Crippen LogP contribution in [0.3, 0.4) is 0 Å². The monoisotopic (exact) mass is 718 g/mol. The van der Waals surface area contributed by atoms with Gasteiger partial charge in [0.1, 0.15) is 6.61 Å². The average molecular weight is 719 g/mol. The number of hydrogen-bond acceptors (Lipinski definition) is 5. The van der Waals surface area contributed by atoms with E-state index >= 15 is 0 Å². The first-order valence-corrected chi connectivity index (χ1v) is 15.8. The van der Waals surface area contributed by atoms with Crippen molar-refractivity contribution in [2.45, 2.75) is 25.5 Å². The predicted octanol–water partition coefficient (Wildman–Crippen LogP) is 10.1. The highest BCUT2D eigenvalue weighted by molar-refractivity contribution is 5.94. The molecule has 5 aromatic rings. The second-order valence-electron chi connectivity index (χ2n) is 11.6. The fraction of sp³-hybridized carbons (Fsp3) is 0.150. The highest BCUT2D eigenvalue weighted by Crippen LogP contribution is 2.39. The zero-order chi connectivity index (χ0) is 37.5. The number of esters is 1. The van der Waals surface area contributed by atoms with Gasteiger partial charge in [-0.15, -0.1) is 0 Å². The van der Waals surface area contributed by atoms with Gasteiger partial charge in [-0.3, -0.25) is 9.63 Å². The normalized spacial score (nSPS) is 11.8. The number of methoxy groups -OCH3 is 1. The summed E-state index contributed by atoms with van der Waals surface area (Å²) in [7, 11) is 2.51. The number of amides is 1. The number of ether oxygens (including phenoxy) is 1. The number of hydrogen-bond donors (Lipinski definition) is 1. The van der Waals surface area contributed by atoms with Gasteiger partial charge in [-0.2, -0.15) is 26.3 Å². The van der Waals surface area contributed by atoms with Crippen LogP contribution in [-0.4, -0.2) is 31.1 Å². The fourth-order valence-electron chi connectivity index (χ4n) is 5.39. The topological polar surface area (TPSA) is 67.9 Å². The van der Waals surface area contributed by atoms with Crippen LogP contribution in [0.5, 0.6) is 0 Å². The molecule has 5 rings (SSSR count). The average Bonchev–Trinajstić information content (AvgIpc) is 3.14. The molecule has 0 bridgehead atoms. The van der Waals surface area contributed by atoms with E-state index in [-0.39, 0.29) is 35.4 Å². The Morgan fingerprint density at radius 3 is 1.94 bits per heavy atom. The van der Waals surface area contributed by atoms with Crippen molar-refractivity contribution in [1.29, 1.82) is 0 Å². The van der Waals surface area contributed by atoms with Crippen LogP contribution in [0.1, 0.15) is 38.2 Å². The SMILES string of the molecule is COC(=O)/C=C/c1ccccc1NCc1ccc(-c2ccc(CON(C)C(=O)c3ccc(-c4ccccc4)c(C(F)(F)F)c3)cc2)c(C(F)(F)F)c1. The van der Waals surface area contributed by atoms with E-state index in [2.05, 4.69) is 10.1 Å².